The molecule has 1 aromatic carbocycles. The predicted molar refractivity (Wildman–Crippen MR) is 88.6 cm³/mol. The van der Waals surface area contributed by atoms with Gasteiger partial charge >= 0.3 is 5.97 Å². The van der Waals surface area contributed by atoms with E-state index in [1.807, 2.05) is 12.1 Å². The molecule has 2 N–H and O–H groups in total. The summed E-state index contributed by atoms with van der Waals surface area (Å²) in [5, 5.41) is 22.7. The number of hydrogen-bond acceptors (Lipinski definition) is 4. The zero-order valence-electron chi connectivity index (χ0n) is 12.8. The summed E-state index contributed by atoms with van der Waals surface area (Å²) in [6.45, 7) is 0. The lowest BCUT2D eigenvalue weighted by Crippen LogP contribution is -2.21. The summed E-state index contributed by atoms with van der Waals surface area (Å²) in [4.78, 5) is 22.8. The van der Waals surface area contributed by atoms with Crippen LogP contribution in [0.5, 0.6) is 5.75 Å². The Hall–Kier alpha value is -3.15. The van der Waals surface area contributed by atoms with E-state index in [2.05, 4.69) is 23.3 Å². The van der Waals surface area contributed by atoms with Gasteiger partial charge in [-0.25, -0.2) is 9.48 Å². The van der Waals surface area contributed by atoms with E-state index in [1.165, 1.54) is 4.68 Å². The molecule has 6 nitrogen and oxygen atoms in total. The Morgan fingerprint density at radius 1 is 1.25 bits per heavy atom. The molecule has 24 heavy (non-hydrogen) atoms. The summed E-state index contributed by atoms with van der Waals surface area (Å²) in [6, 6.07) is 7.36. The van der Waals surface area contributed by atoms with E-state index in [9.17, 15) is 14.7 Å². The minimum atomic E-state index is -1.47. The fourth-order valence-electron chi connectivity index (χ4n) is 2.64. The molecule has 2 aromatic rings. The van der Waals surface area contributed by atoms with Crippen LogP contribution < -0.4 is 5.43 Å². The fourth-order valence-corrected chi connectivity index (χ4v) is 2.64. The molecular formula is C18H16N2O4. The second-order valence-corrected chi connectivity index (χ2v) is 5.51. The van der Waals surface area contributed by atoms with Crippen LogP contribution in [0.1, 0.15) is 28.9 Å². The fraction of sp³-hybridized carbons (Fsp3) is 0.167. The third-order valence-electron chi connectivity index (χ3n) is 3.81. The molecule has 0 bridgehead atoms. The Kier molecular flexibility index (Phi) is 4.29. The molecule has 1 heterocycles. The molecule has 3 rings (SSSR count). The number of benzene rings is 1. The van der Waals surface area contributed by atoms with Crippen molar-refractivity contribution in [3.8, 4) is 11.4 Å². The molecule has 1 aliphatic rings. The number of aromatic nitrogens is 2. The van der Waals surface area contributed by atoms with Gasteiger partial charge in [0, 0.05) is 0 Å². The van der Waals surface area contributed by atoms with Crippen LogP contribution >= 0.6 is 0 Å². The highest BCUT2D eigenvalue weighted by Crippen LogP contribution is 2.21. The molecule has 0 saturated carbocycles. The number of para-hydroxylation sites is 1. The van der Waals surface area contributed by atoms with E-state index in [0.29, 0.717) is 12.1 Å². The molecule has 0 saturated heterocycles. The third kappa shape index (κ3) is 3.12. The molecule has 0 atom stereocenters. The lowest BCUT2D eigenvalue weighted by atomic mass is 9.98. The maximum atomic E-state index is 11.7. The van der Waals surface area contributed by atoms with Gasteiger partial charge in [-0.05, 0) is 36.5 Å². The number of allylic oxidation sites excluding steroid dienone is 4. The molecule has 0 amide bonds. The van der Waals surface area contributed by atoms with Crippen LogP contribution in [0.2, 0.25) is 0 Å². The number of carbonyl (C=O) groups is 1. The van der Waals surface area contributed by atoms with E-state index >= 15 is 0 Å². The summed E-state index contributed by atoms with van der Waals surface area (Å²) in [5.41, 5.74) is 1.01. The SMILES string of the molecule is O=C(O)c1nn(-c2ccccc2CC2=CCCC=C2)cc(O)c1=O. The van der Waals surface area contributed by atoms with Crippen LogP contribution in [0.3, 0.4) is 0 Å². The lowest BCUT2D eigenvalue weighted by Gasteiger charge is -2.14. The summed E-state index contributed by atoms with van der Waals surface area (Å²) >= 11 is 0. The lowest BCUT2D eigenvalue weighted by molar-refractivity contribution is 0.0686. The summed E-state index contributed by atoms with van der Waals surface area (Å²) < 4.78 is 1.24. The van der Waals surface area contributed by atoms with E-state index in [0.717, 1.165) is 30.2 Å². The number of carboxylic acids is 1. The predicted octanol–water partition coefficient (Wildman–Crippen LogP) is 2.46. The van der Waals surface area contributed by atoms with Crippen LogP contribution in [0.15, 0.2) is 59.1 Å². The van der Waals surface area contributed by atoms with Crippen molar-refractivity contribution in [2.45, 2.75) is 19.3 Å². The molecule has 122 valence electrons. The monoisotopic (exact) mass is 324 g/mol. The van der Waals surface area contributed by atoms with E-state index in [4.69, 9.17) is 5.11 Å². The molecule has 0 spiro atoms. The maximum Gasteiger partial charge on any atom is 0.360 e. The maximum absolute atomic E-state index is 11.7. The first-order valence-electron chi connectivity index (χ1n) is 7.56. The molecule has 6 heteroatoms. The highest BCUT2D eigenvalue weighted by atomic mass is 16.4. The smallest absolute Gasteiger partial charge is 0.360 e. The van der Waals surface area contributed by atoms with Gasteiger partial charge in [0.1, 0.15) is 0 Å². The molecule has 1 aliphatic carbocycles. The van der Waals surface area contributed by atoms with Crippen molar-refractivity contribution in [1.82, 2.24) is 9.78 Å². The Labute approximate surface area is 138 Å². The minimum absolute atomic E-state index is 0.621. The second-order valence-electron chi connectivity index (χ2n) is 5.51. The van der Waals surface area contributed by atoms with Crippen molar-refractivity contribution in [3.63, 3.8) is 0 Å². The van der Waals surface area contributed by atoms with Gasteiger partial charge in [-0.1, -0.05) is 36.4 Å². The minimum Gasteiger partial charge on any atom is -0.503 e. The Morgan fingerprint density at radius 2 is 2.04 bits per heavy atom. The van der Waals surface area contributed by atoms with Crippen molar-refractivity contribution in [2.75, 3.05) is 0 Å². The topological polar surface area (TPSA) is 92.4 Å². The quantitative estimate of drug-likeness (QED) is 0.901. The van der Waals surface area contributed by atoms with Gasteiger partial charge < -0.3 is 10.2 Å². The second kappa shape index (κ2) is 6.54. The normalized spacial score (nSPS) is 13.6. The van der Waals surface area contributed by atoms with Gasteiger partial charge in [0.05, 0.1) is 11.9 Å². The first-order chi connectivity index (χ1) is 11.6. The number of rotatable bonds is 4. The Balaban J connectivity index is 2.07. The van der Waals surface area contributed by atoms with Crippen molar-refractivity contribution < 1.29 is 15.0 Å². The summed E-state index contributed by atoms with van der Waals surface area (Å²) in [5.74, 6) is -2.12. The van der Waals surface area contributed by atoms with Gasteiger partial charge in [0.15, 0.2) is 5.75 Å². The molecule has 0 unspecified atom stereocenters. The van der Waals surface area contributed by atoms with Crippen molar-refractivity contribution in [3.05, 3.63) is 75.7 Å². The van der Waals surface area contributed by atoms with Gasteiger partial charge in [0.2, 0.25) is 5.69 Å². The Morgan fingerprint density at radius 3 is 2.75 bits per heavy atom. The van der Waals surface area contributed by atoms with Crippen LogP contribution in [0.25, 0.3) is 5.69 Å². The largest absolute Gasteiger partial charge is 0.503 e. The number of nitrogens with zero attached hydrogens (tertiary/aromatic N) is 2. The van der Waals surface area contributed by atoms with Crippen molar-refractivity contribution >= 4 is 5.97 Å². The molecular weight excluding hydrogens is 308 g/mol. The molecule has 1 aromatic heterocycles. The number of carboxylic acid groups (broad SMARTS) is 1. The first-order valence-corrected chi connectivity index (χ1v) is 7.56. The summed E-state index contributed by atoms with van der Waals surface area (Å²) in [7, 11) is 0. The molecule has 0 aliphatic heterocycles. The van der Waals surface area contributed by atoms with E-state index < -0.39 is 22.8 Å². The average Bonchev–Trinajstić information content (AvgIpc) is 2.58. The van der Waals surface area contributed by atoms with Gasteiger partial charge in [-0.3, -0.25) is 4.79 Å². The van der Waals surface area contributed by atoms with Gasteiger partial charge in [0.25, 0.3) is 5.43 Å². The standard InChI is InChI=1S/C18H16N2O4/c21-15-11-20(19-16(17(15)22)18(23)24)14-9-5-4-8-13(14)10-12-6-2-1-3-7-12/h2,4-9,11,21H,1,3,10H2,(H,23,24). The highest BCUT2D eigenvalue weighted by molar-refractivity contribution is 5.85. The van der Waals surface area contributed by atoms with E-state index in [-0.39, 0.29) is 0 Å². The zero-order chi connectivity index (χ0) is 17.1. The highest BCUT2D eigenvalue weighted by Gasteiger charge is 2.17. The number of aromatic carboxylic acids is 1. The third-order valence-corrected chi connectivity index (χ3v) is 3.81. The summed E-state index contributed by atoms with van der Waals surface area (Å²) in [6.07, 6.45) is 10.2. The van der Waals surface area contributed by atoms with Crippen molar-refractivity contribution in [1.29, 1.82) is 0 Å². The van der Waals surface area contributed by atoms with Gasteiger partial charge in [-0.15, -0.1) is 0 Å². The van der Waals surface area contributed by atoms with Crippen LogP contribution in [0, 0.1) is 0 Å². The Bertz CT molecular complexity index is 909. The van der Waals surface area contributed by atoms with Crippen LogP contribution in [-0.2, 0) is 6.42 Å². The molecule has 0 fully saturated rings. The zero-order valence-corrected chi connectivity index (χ0v) is 12.8. The van der Waals surface area contributed by atoms with Gasteiger partial charge in [-0.2, -0.15) is 5.10 Å². The average molecular weight is 324 g/mol. The van der Waals surface area contributed by atoms with E-state index in [1.54, 1.807) is 12.1 Å². The first kappa shape index (κ1) is 15.7. The number of hydrogen-bond donors (Lipinski definition) is 2. The number of aromatic hydroxyl groups is 1. The van der Waals surface area contributed by atoms with Crippen molar-refractivity contribution in [2.24, 2.45) is 0 Å². The molecule has 0 radical (unpaired) electrons. The van der Waals surface area contributed by atoms with Crippen LogP contribution in [-0.4, -0.2) is 26.0 Å². The van der Waals surface area contributed by atoms with Crippen LogP contribution in [0.4, 0.5) is 0 Å².